The van der Waals surface area contributed by atoms with Crippen LogP contribution in [0.15, 0.2) is 23.2 Å². The molecule has 0 aliphatic rings. The Hall–Kier alpha value is -1.66. The number of aliphatic hydroxyl groups is 1. The quantitative estimate of drug-likeness (QED) is 0.386. The predicted octanol–water partition coefficient (Wildman–Crippen LogP) is 1.41. The number of aliphatic hydroxyl groups excluding tert-OH is 1. The summed E-state index contributed by atoms with van der Waals surface area (Å²) in [5.41, 5.74) is 1.19. The molecule has 0 aliphatic carbocycles. The van der Waals surface area contributed by atoms with E-state index >= 15 is 0 Å². The Balaban J connectivity index is 2.38. The Morgan fingerprint density at radius 2 is 2.19 bits per heavy atom. The summed E-state index contributed by atoms with van der Waals surface area (Å²) in [6, 6.07) is 4.69. The number of rotatable bonds is 8. The summed E-state index contributed by atoms with van der Waals surface area (Å²) in [7, 11) is 1.70. The summed E-state index contributed by atoms with van der Waals surface area (Å²) in [5.74, 6) is 0.293. The monoisotopic (exact) mass is 297 g/mol. The SMILES string of the molecule is CCOCCCNC(=NC)NCc1ccc(F)c(CO)c1. The summed E-state index contributed by atoms with van der Waals surface area (Å²) in [4.78, 5) is 4.11. The molecular weight excluding hydrogens is 273 g/mol. The fourth-order valence-electron chi connectivity index (χ4n) is 1.79. The largest absolute Gasteiger partial charge is 0.392 e. The number of hydrogen-bond donors (Lipinski definition) is 3. The number of halogens is 1. The van der Waals surface area contributed by atoms with Crippen LogP contribution in [-0.2, 0) is 17.9 Å². The maximum Gasteiger partial charge on any atom is 0.191 e. The maximum atomic E-state index is 13.3. The van der Waals surface area contributed by atoms with Gasteiger partial charge in [-0.25, -0.2) is 4.39 Å². The summed E-state index contributed by atoms with van der Waals surface area (Å²) < 4.78 is 18.5. The lowest BCUT2D eigenvalue weighted by atomic mass is 10.1. The fraction of sp³-hybridized carbons (Fsp3) is 0.533. The van der Waals surface area contributed by atoms with Crippen LogP contribution in [0.25, 0.3) is 0 Å². The van der Waals surface area contributed by atoms with Gasteiger partial charge in [-0.3, -0.25) is 4.99 Å². The highest BCUT2D eigenvalue weighted by Crippen LogP contribution is 2.10. The molecule has 0 heterocycles. The van der Waals surface area contributed by atoms with Crippen molar-refractivity contribution in [2.75, 3.05) is 26.8 Å². The molecule has 0 aromatic heterocycles. The highest BCUT2D eigenvalue weighted by atomic mass is 19.1. The third-order valence-corrected chi connectivity index (χ3v) is 2.93. The van der Waals surface area contributed by atoms with Crippen molar-refractivity contribution in [3.8, 4) is 0 Å². The van der Waals surface area contributed by atoms with E-state index in [0.717, 1.165) is 31.7 Å². The van der Waals surface area contributed by atoms with Gasteiger partial charge in [-0.05, 0) is 31.0 Å². The summed E-state index contributed by atoms with van der Waals surface area (Å²) in [6.45, 7) is 4.40. The molecule has 0 saturated heterocycles. The first-order chi connectivity index (χ1) is 10.2. The smallest absolute Gasteiger partial charge is 0.191 e. The Kier molecular flexibility index (Phi) is 8.38. The average molecular weight is 297 g/mol. The average Bonchev–Trinajstić information content (AvgIpc) is 2.51. The minimum atomic E-state index is -0.389. The van der Waals surface area contributed by atoms with Gasteiger partial charge in [-0.15, -0.1) is 0 Å². The van der Waals surface area contributed by atoms with E-state index < -0.39 is 0 Å². The molecule has 1 aromatic rings. The van der Waals surface area contributed by atoms with Crippen molar-refractivity contribution in [2.45, 2.75) is 26.5 Å². The second kappa shape index (κ2) is 10.1. The van der Waals surface area contributed by atoms with Crippen LogP contribution in [0.5, 0.6) is 0 Å². The molecule has 5 nitrogen and oxygen atoms in total. The Labute approximate surface area is 125 Å². The first-order valence-electron chi connectivity index (χ1n) is 7.11. The molecule has 6 heteroatoms. The first kappa shape index (κ1) is 17.4. The van der Waals surface area contributed by atoms with Crippen LogP contribution in [0.3, 0.4) is 0 Å². The Bertz CT molecular complexity index is 453. The molecule has 0 fully saturated rings. The molecule has 118 valence electrons. The van der Waals surface area contributed by atoms with Crippen molar-refractivity contribution in [1.29, 1.82) is 0 Å². The van der Waals surface area contributed by atoms with Crippen LogP contribution in [0, 0.1) is 5.82 Å². The van der Waals surface area contributed by atoms with Gasteiger partial charge < -0.3 is 20.5 Å². The van der Waals surface area contributed by atoms with Crippen LogP contribution in [-0.4, -0.2) is 37.9 Å². The van der Waals surface area contributed by atoms with Crippen LogP contribution >= 0.6 is 0 Å². The zero-order valence-corrected chi connectivity index (χ0v) is 12.7. The number of benzene rings is 1. The van der Waals surface area contributed by atoms with Gasteiger partial charge in [-0.1, -0.05) is 6.07 Å². The lowest BCUT2D eigenvalue weighted by molar-refractivity contribution is 0.145. The lowest BCUT2D eigenvalue weighted by Crippen LogP contribution is -2.37. The molecule has 0 aliphatic heterocycles. The minimum absolute atomic E-state index is 0.300. The third-order valence-electron chi connectivity index (χ3n) is 2.93. The number of nitrogens with one attached hydrogen (secondary N) is 2. The number of ether oxygens (including phenoxy) is 1. The molecule has 0 bridgehead atoms. The number of hydrogen-bond acceptors (Lipinski definition) is 3. The molecule has 1 rings (SSSR count). The maximum absolute atomic E-state index is 13.3. The summed E-state index contributed by atoms with van der Waals surface area (Å²) >= 11 is 0. The molecule has 0 unspecified atom stereocenters. The van der Waals surface area contributed by atoms with Gasteiger partial charge in [0.1, 0.15) is 5.82 Å². The number of nitrogens with zero attached hydrogens (tertiary/aromatic N) is 1. The number of aliphatic imine (C=N–C) groups is 1. The predicted molar refractivity (Wildman–Crippen MR) is 81.6 cm³/mol. The van der Waals surface area contributed by atoms with E-state index in [0.29, 0.717) is 18.1 Å². The zero-order chi connectivity index (χ0) is 15.5. The van der Waals surface area contributed by atoms with Gasteiger partial charge in [0, 0.05) is 38.9 Å². The van der Waals surface area contributed by atoms with Gasteiger partial charge in [-0.2, -0.15) is 0 Å². The van der Waals surface area contributed by atoms with E-state index in [1.807, 2.05) is 6.92 Å². The molecule has 0 spiro atoms. The summed E-state index contributed by atoms with van der Waals surface area (Å²) in [6.07, 6.45) is 0.903. The van der Waals surface area contributed by atoms with Crippen molar-refractivity contribution in [2.24, 2.45) is 4.99 Å². The van der Waals surface area contributed by atoms with Gasteiger partial charge in [0.25, 0.3) is 0 Å². The van der Waals surface area contributed by atoms with E-state index in [1.54, 1.807) is 19.2 Å². The lowest BCUT2D eigenvalue weighted by Gasteiger charge is -2.12. The van der Waals surface area contributed by atoms with Gasteiger partial charge >= 0.3 is 0 Å². The van der Waals surface area contributed by atoms with Crippen LogP contribution in [0.4, 0.5) is 4.39 Å². The van der Waals surface area contributed by atoms with E-state index in [-0.39, 0.29) is 12.4 Å². The molecule has 0 saturated carbocycles. The molecule has 0 atom stereocenters. The topological polar surface area (TPSA) is 65.9 Å². The van der Waals surface area contributed by atoms with E-state index in [2.05, 4.69) is 15.6 Å². The highest BCUT2D eigenvalue weighted by molar-refractivity contribution is 5.79. The molecule has 0 amide bonds. The first-order valence-corrected chi connectivity index (χ1v) is 7.11. The van der Waals surface area contributed by atoms with Gasteiger partial charge in [0.05, 0.1) is 6.61 Å². The molecule has 1 aromatic carbocycles. The highest BCUT2D eigenvalue weighted by Gasteiger charge is 2.03. The van der Waals surface area contributed by atoms with Crippen molar-refractivity contribution in [3.63, 3.8) is 0 Å². The second-order valence-corrected chi connectivity index (χ2v) is 4.49. The van der Waals surface area contributed by atoms with Crippen LogP contribution in [0.1, 0.15) is 24.5 Å². The number of guanidine groups is 1. The Morgan fingerprint density at radius 3 is 2.86 bits per heavy atom. The van der Waals surface area contributed by atoms with Crippen LogP contribution in [0.2, 0.25) is 0 Å². The molecule has 21 heavy (non-hydrogen) atoms. The van der Waals surface area contributed by atoms with Gasteiger partial charge in [0.2, 0.25) is 0 Å². The fourth-order valence-corrected chi connectivity index (χ4v) is 1.79. The molecular formula is C15H24FN3O2. The van der Waals surface area contributed by atoms with Gasteiger partial charge in [0.15, 0.2) is 5.96 Å². The summed E-state index contributed by atoms with van der Waals surface area (Å²) in [5, 5.41) is 15.4. The van der Waals surface area contributed by atoms with E-state index in [4.69, 9.17) is 9.84 Å². The van der Waals surface area contributed by atoms with E-state index in [9.17, 15) is 4.39 Å². The van der Waals surface area contributed by atoms with Crippen molar-refractivity contribution >= 4 is 5.96 Å². The van der Waals surface area contributed by atoms with E-state index in [1.165, 1.54) is 6.07 Å². The third kappa shape index (κ3) is 6.55. The van der Waals surface area contributed by atoms with Crippen molar-refractivity contribution < 1.29 is 14.2 Å². The van der Waals surface area contributed by atoms with Crippen molar-refractivity contribution in [1.82, 2.24) is 10.6 Å². The standard InChI is InChI=1S/C15H24FN3O2/c1-3-21-8-4-7-18-15(17-2)19-10-12-5-6-14(16)13(9-12)11-20/h5-6,9,20H,3-4,7-8,10-11H2,1-2H3,(H2,17,18,19). The zero-order valence-electron chi connectivity index (χ0n) is 12.7. The van der Waals surface area contributed by atoms with Crippen molar-refractivity contribution in [3.05, 3.63) is 35.1 Å². The molecule has 0 radical (unpaired) electrons. The van der Waals surface area contributed by atoms with Crippen LogP contribution < -0.4 is 10.6 Å². The second-order valence-electron chi connectivity index (χ2n) is 4.49. The Morgan fingerprint density at radius 1 is 1.38 bits per heavy atom. The minimum Gasteiger partial charge on any atom is -0.392 e. The normalized spacial score (nSPS) is 11.5. The molecule has 3 N–H and O–H groups in total.